The van der Waals surface area contributed by atoms with Gasteiger partial charge in [0.1, 0.15) is 18.1 Å². The fourth-order valence-electron chi connectivity index (χ4n) is 3.58. The molecule has 0 aliphatic rings. The molecule has 0 aliphatic carbocycles. The summed E-state index contributed by atoms with van der Waals surface area (Å²) in [5.41, 5.74) is 10.5. The van der Waals surface area contributed by atoms with E-state index in [0.717, 1.165) is 22.3 Å². The molecule has 4 aromatic rings. The van der Waals surface area contributed by atoms with Gasteiger partial charge in [0.25, 0.3) is 5.91 Å². The third-order valence-electron chi connectivity index (χ3n) is 5.27. The van der Waals surface area contributed by atoms with Crippen LogP contribution in [0.5, 0.6) is 11.5 Å². The number of ether oxygens (including phenoxy) is 2. The van der Waals surface area contributed by atoms with Crippen LogP contribution < -0.4 is 20.5 Å². The van der Waals surface area contributed by atoms with E-state index in [2.05, 4.69) is 15.5 Å². The number of nitrogens with one attached hydrogen (secondary N) is 1. The van der Waals surface area contributed by atoms with Gasteiger partial charge in [0.05, 0.1) is 12.7 Å². The molecule has 0 saturated carbocycles. The molecule has 4 rings (SSSR count). The van der Waals surface area contributed by atoms with E-state index in [1.165, 1.54) is 0 Å². The Morgan fingerprint density at radius 1 is 1.03 bits per heavy atom. The average molecular weight is 459 g/mol. The van der Waals surface area contributed by atoms with Crippen molar-refractivity contribution in [2.75, 3.05) is 25.6 Å². The number of aromatic nitrogens is 2. The number of hydrogen-bond donors (Lipinski definition) is 2. The topological polar surface area (TPSA) is 112 Å². The summed E-state index contributed by atoms with van der Waals surface area (Å²) in [5.74, 6) is 1.96. The largest absolute Gasteiger partial charge is 0.497 e. The van der Waals surface area contributed by atoms with E-state index in [1.807, 2.05) is 37.3 Å². The molecule has 8 heteroatoms. The van der Waals surface area contributed by atoms with Gasteiger partial charge in [-0.3, -0.25) is 4.79 Å². The Bertz CT molecular complexity index is 1300. The van der Waals surface area contributed by atoms with Gasteiger partial charge in [0, 0.05) is 24.7 Å². The maximum absolute atomic E-state index is 13.0. The van der Waals surface area contributed by atoms with Gasteiger partial charge in [0.15, 0.2) is 0 Å². The van der Waals surface area contributed by atoms with E-state index >= 15 is 0 Å². The number of benzene rings is 3. The first-order valence-corrected chi connectivity index (χ1v) is 10.8. The van der Waals surface area contributed by atoms with Crippen molar-refractivity contribution >= 4 is 11.6 Å². The standard InChI is InChI=1S/C26H26N4O4/c1-16-14-19(25-28-17(2)34-30-25)5-10-22(16)18-4-11-23(24(15-18)33-13-12-27)26(31)29-20-6-8-21(32-3)9-7-20/h4-11,14-15H,12-13,27H2,1-3H3,(H,29,31). The summed E-state index contributed by atoms with van der Waals surface area (Å²) in [6.45, 7) is 4.40. The number of anilines is 1. The second-order valence-corrected chi connectivity index (χ2v) is 7.70. The molecule has 3 N–H and O–H groups in total. The Morgan fingerprint density at radius 3 is 2.44 bits per heavy atom. The smallest absolute Gasteiger partial charge is 0.259 e. The normalized spacial score (nSPS) is 10.7. The molecule has 8 nitrogen and oxygen atoms in total. The summed E-state index contributed by atoms with van der Waals surface area (Å²) in [4.78, 5) is 17.3. The second-order valence-electron chi connectivity index (χ2n) is 7.70. The molecule has 1 heterocycles. The molecule has 1 amide bonds. The minimum Gasteiger partial charge on any atom is -0.497 e. The number of carbonyl (C=O) groups is 1. The summed E-state index contributed by atoms with van der Waals surface area (Å²) in [5, 5.41) is 6.88. The van der Waals surface area contributed by atoms with E-state index in [4.69, 9.17) is 19.7 Å². The maximum Gasteiger partial charge on any atom is 0.259 e. The first kappa shape index (κ1) is 23.0. The lowest BCUT2D eigenvalue weighted by Gasteiger charge is -2.15. The number of rotatable bonds is 8. The number of nitrogens with two attached hydrogens (primary N) is 1. The third kappa shape index (κ3) is 5.07. The Balaban J connectivity index is 1.62. The number of methoxy groups -OCH3 is 1. The van der Waals surface area contributed by atoms with Gasteiger partial charge in [-0.15, -0.1) is 0 Å². The first-order chi connectivity index (χ1) is 16.5. The Hall–Kier alpha value is -4.17. The zero-order valence-electron chi connectivity index (χ0n) is 19.3. The Kier molecular flexibility index (Phi) is 6.89. The number of nitrogens with zero attached hydrogens (tertiary/aromatic N) is 2. The van der Waals surface area contributed by atoms with Crippen LogP contribution in [0.3, 0.4) is 0 Å². The van der Waals surface area contributed by atoms with Crippen molar-refractivity contribution in [2.45, 2.75) is 13.8 Å². The van der Waals surface area contributed by atoms with Crippen molar-refractivity contribution in [1.29, 1.82) is 0 Å². The van der Waals surface area contributed by atoms with E-state index in [1.54, 1.807) is 44.4 Å². The third-order valence-corrected chi connectivity index (χ3v) is 5.27. The van der Waals surface area contributed by atoms with Crippen molar-refractivity contribution in [2.24, 2.45) is 5.73 Å². The molecule has 1 aromatic heterocycles. The zero-order valence-corrected chi connectivity index (χ0v) is 19.3. The molecule has 0 fully saturated rings. The molecule has 0 saturated heterocycles. The average Bonchev–Trinajstić information content (AvgIpc) is 3.29. The summed E-state index contributed by atoms with van der Waals surface area (Å²) in [6, 6.07) is 18.6. The predicted octanol–water partition coefficient (Wildman–Crippen LogP) is 4.62. The summed E-state index contributed by atoms with van der Waals surface area (Å²) in [7, 11) is 1.59. The molecule has 0 bridgehead atoms. The van der Waals surface area contributed by atoms with Gasteiger partial charge in [0.2, 0.25) is 11.7 Å². The highest BCUT2D eigenvalue weighted by Crippen LogP contribution is 2.32. The lowest BCUT2D eigenvalue weighted by Crippen LogP contribution is -2.16. The van der Waals surface area contributed by atoms with Crippen LogP contribution in [-0.2, 0) is 0 Å². The van der Waals surface area contributed by atoms with Crippen LogP contribution in [0.2, 0.25) is 0 Å². The molecule has 0 spiro atoms. The van der Waals surface area contributed by atoms with Crippen molar-refractivity contribution in [3.05, 3.63) is 77.7 Å². The Labute approximate surface area is 197 Å². The van der Waals surface area contributed by atoms with Gasteiger partial charge in [-0.2, -0.15) is 4.98 Å². The van der Waals surface area contributed by atoms with Crippen LogP contribution in [0.4, 0.5) is 5.69 Å². The lowest BCUT2D eigenvalue weighted by molar-refractivity contribution is 0.102. The molecular weight excluding hydrogens is 432 g/mol. The van der Waals surface area contributed by atoms with Crippen LogP contribution >= 0.6 is 0 Å². The van der Waals surface area contributed by atoms with Crippen LogP contribution in [0, 0.1) is 13.8 Å². The molecule has 0 unspecified atom stereocenters. The number of hydrogen-bond acceptors (Lipinski definition) is 7. The van der Waals surface area contributed by atoms with Crippen molar-refractivity contribution in [3.63, 3.8) is 0 Å². The van der Waals surface area contributed by atoms with E-state index in [9.17, 15) is 4.79 Å². The SMILES string of the molecule is COc1ccc(NC(=O)c2ccc(-c3ccc(-c4noc(C)n4)cc3C)cc2OCCN)cc1. The zero-order chi connectivity index (χ0) is 24.1. The van der Waals surface area contributed by atoms with Crippen LogP contribution in [0.25, 0.3) is 22.5 Å². The molecule has 174 valence electrons. The second kappa shape index (κ2) is 10.2. The predicted molar refractivity (Wildman–Crippen MR) is 130 cm³/mol. The fourth-order valence-corrected chi connectivity index (χ4v) is 3.58. The maximum atomic E-state index is 13.0. The van der Waals surface area contributed by atoms with E-state index < -0.39 is 0 Å². The molecule has 34 heavy (non-hydrogen) atoms. The Morgan fingerprint density at radius 2 is 1.79 bits per heavy atom. The highest BCUT2D eigenvalue weighted by molar-refractivity contribution is 6.06. The molecule has 0 radical (unpaired) electrons. The minimum absolute atomic E-state index is 0.275. The summed E-state index contributed by atoms with van der Waals surface area (Å²) < 4.78 is 16.1. The van der Waals surface area contributed by atoms with E-state index in [-0.39, 0.29) is 5.91 Å². The van der Waals surface area contributed by atoms with Gasteiger partial charge in [-0.1, -0.05) is 23.4 Å². The summed E-state index contributed by atoms with van der Waals surface area (Å²) >= 11 is 0. The van der Waals surface area contributed by atoms with Gasteiger partial charge >= 0.3 is 0 Å². The summed E-state index contributed by atoms with van der Waals surface area (Å²) in [6.07, 6.45) is 0. The van der Waals surface area contributed by atoms with Gasteiger partial charge in [-0.05, 0) is 66.1 Å². The monoisotopic (exact) mass is 458 g/mol. The quantitative estimate of drug-likeness (QED) is 0.396. The van der Waals surface area contributed by atoms with Gasteiger partial charge in [-0.25, -0.2) is 0 Å². The van der Waals surface area contributed by atoms with E-state index in [0.29, 0.717) is 47.6 Å². The minimum atomic E-state index is -0.275. The first-order valence-electron chi connectivity index (χ1n) is 10.8. The van der Waals surface area contributed by atoms with Crippen molar-refractivity contribution in [3.8, 4) is 34.0 Å². The van der Waals surface area contributed by atoms with Crippen molar-refractivity contribution in [1.82, 2.24) is 10.1 Å². The fraction of sp³-hybridized carbons (Fsp3) is 0.192. The highest BCUT2D eigenvalue weighted by Gasteiger charge is 2.16. The van der Waals surface area contributed by atoms with Crippen LogP contribution in [-0.4, -0.2) is 36.3 Å². The number of aryl methyl sites for hydroxylation is 2. The van der Waals surface area contributed by atoms with Crippen LogP contribution in [0.1, 0.15) is 21.8 Å². The highest BCUT2D eigenvalue weighted by atomic mass is 16.5. The molecule has 3 aromatic carbocycles. The number of amides is 1. The number of carbonyl (C=O) groups excluding carboxylic acids is 1. The van der Waals surface area contributed by atoms with Crippen molar-refractivity contribution < 1.29 is 18.8 Å². The molecule has 0 aliphatic heterocycles. The molecule has 0 atom stereocenters. The molecular formula is C26H26N4O4. The van der Waals surface area contributed by atoms with Crippen LogP contribution in [0.15, 0.2) is 65.2 Å². The lowest BCUT2D eigenvalue weighted by atomic mass is 9.96. The van der Waals surface area contributed by atoms with Gasteiger partial charge < -0.3 is 25.0 Å².